The van der Waals surface area contributed by atoms with E-state index in [0.29, 0.717) is 6.04 Å². The molecule has 0 aliphatic heterocycles. The molecule has 0 bridgehead atoms. The first-order chi connectivity index (χ1) is 8.63. The Morgan fingerprint density at radius 2 is 2.11 bits per heavy atom. The zero-order chi connectivity index (χ0) is 13.2. The lowest BCUT2D eigenvalue weighted by atomic mass is 9.78. The second-order valence-corrected chi connectivity index (χ2v) is 5.75. The highest BCUT2D eigenvalue weighted by molar-refractivity contribution is 5.81. The average molecular weight is 254 g/mol. The number of esters is 1. The average Bonchev–Trinajstić information content (AvgIpc) is 3.22. The topological polar surface area (TPSA) is 41.6 Å². The standard InChI is InChI=1S/C14H26N2O2/c1-4-15-14(13(17)18-3)9-5-6-12(10-14)16(2)11-7-8-11/h11-12,15H,4-10H2,1-3H3. The van der Waals surface area contributed by atoms with Crippen LogP contribution < -0.4 is 5.32 Å². The van der Waals surface area contributed by atoms with Crippen LogP contribution in [0.2, 0.25) is 0 Å². The summed E-state index contributed by atoms with van der Waals surface area (Å²) in [5.41, 5.74) is -0.449. The molecule has 2 aliphatic rings. The molecule has 2 rings (SSSR count). The maximum Gasteiger partial charge on any atom is 0.326 e. The Morgan fingerprint density at radius 3 is 2.67 bits per heavy atom. The number of carbonyl (C=O) groups excluding carboxylic acids is 1. The monoisotopic (exact) mass is 254 g/mol. The van der Waals surface area contributed by atoms with Crippen molar-refractivity contribution in [3.05, 3.63) is 0 Å². The Kier molecular flexibility index (Phi) is 4.28. The lowest BCUT2D eigenvalue weighted by Gasteiger charge is -2.42. The summed E-state index contributed by atoms with van der Waals surface area (Å²) in [6, 6.07) is 1.27. The highest BCUT2D eigenvalue weighted by atomic mass is 16.5. The zero-order valence-electron chi connectivity index (χ0n) is 11.9. The van der Waals surface area contributed by atoms with Gasteiger partial charge in [-0.3, -0.25) is 4.79 Å². The van der Waals surface area contributed by atoms with Gasteiger partial charge in [0.15, 0.2) is 0 Å². The second kappa shape index (κ2) is 5.57. The molecule has 2 fully saturated rings. The predicted molar refractivity (Wildman–Crippen MR) is 71.5 cm³/mol. The quantitative estimate of drug-likeness (QED) is 0.756. The SMILES string of the molecule is CCNC1(C(=O)OC)CCCC(N(C)C2CC2)C1. The van der Waals surface area contributed by atoms with Crippen molar-refractivity contribution in [2.24, 2.45) is 0 Å². The molecule has 2 aliphatic carbocycles. The fourth-order valence-electron chi connectivity index (χ4n) is 3.33. The van der Waals surface area contributed by atoms with Crippen molar-refractivity contribution in [2.45, 2.75) is 63.1 Å². The number of carbonyl (C=O) groups is 1. The zero-order valence-corrected chi connectivity index (χ0v) is 11.9. The second-order valence-electron chi connectivity index (χ2n) is 5.75. The molecular formula is C14H26N2O2. The first-order valence-electron chi connectivity index (χ1n) is 7.18. The minimum absolute atomic E-state index is 0.0850. The maximum atomic E-state index is 12.1. The van der Waals surface area contributed by atoms with Crippen LogP contribution in [0.4, 0.5) is 0 Å². The number of nitrogens with one attached hydrogen (secondary N) is 1. The predicted octanol–water partition coefficient (Wildman–Crippen LogP) is 1.54. The lowest BCUT2D eigenvalue weighted by Crippen LogP contribution is -2.58. The van der Waals surface area contributed by atoms with E-state index in [-0.39, 0.29) is 5.97 Å². The molecule has 0 aromatic carbocycles. The third-order valence-electron chi connectivity index (χ3n) is 4.52. The summed E-state index contributed by atoms with van der Waals surface area (Å²) < 4.78 is 5.03. The van der Waals surface area contributed by atoms with E-state index >= 15 is 0 Å². The van der Waals surface area contributed by atoms with Gasteiger partial charge in [0, 0.05) is 12.1 Å². The number of nitrogens with zero attached hydrogens (tertiary/aromatic N) is 1. The van der Waals surface area contributed by atoms with Gasteiger partial charge in [0.1, 0.15) is 5.54 Å². The van der Waals surface area contributed by atoms with Crippen LogP contribution in [-0.2, 0) is 9.53 Å². The summed E-state index contributed by atoms with van der Waals surface area (Å²) in [5, 5.41) is 3.39. The fraction of sp³-hybridized carbons (Fsp3) is 0.929. The van der Waals surface area contributed by atoms with Crippen LogP contribution in [0.5, 0.6) is 0 Å². The maximum absolute atomic E-state index is 12.1. The molecular weight excluding hydrogens is 228 g/mol. The minimum Gasteiger partial charge on any atom is -0.468 e. The van der Waals surface area contributed by atoms with E-state index in [1.165, 1.54) is 26.4 Å². The third-order valence-corrected chi connectivity index (χ3v) is 4.52. The Bertz CT molecular complexity index is 300. The summed E-state index contributed by atoms with van der Waals surface area (Å²) in [6.07, 6.45) is 6.74. The van der Waals surface area contributed by atoms with Gasteiger partial charge in [-0.1, -0.05) is 6.92 Å². The highest BCUT2D eigenvalue weighted by Gasteiger charge is 2.45. The van der Waals surface area contributed by atoms with Gasteiger partial charge in [0.2, 0.25) is 0 Å². The normalized spacial score (nSPS) is 32.6. The summed E-state index contributed by atoms with van der Waals surface area (Å²) in [4.78, 5) is 14.6. The molecule has 2 unspecified atom stereocenters. The molecule has 2 atom stereocenters. The summed E-state index contributed by atoms with van der Waals surface area (Å²) in [6.45, 7) is 2.87. The van der Waals surface area contributed by atoms with Gasteiger partial charge in [0.05, 0.1) is 7.11 Å². The molecule has 0 radical (unpaired) electrons. The van der Waals surface area contributed by atoms with Crippen LogP contribution in [0.15, 0.2) is 0 Å². The number of rotatable bonds is 5. The summed E-state index contributed by atoms with van der Waals surface area (Å²) in [5.74, 6) is -0.0850. The van der Waals surface area contributed by atoms with Crippen LogP contribution in [0.3, 0.4) is 0 Å². The summed E-state index contributed by atoms with van der Waals surface area (Å²) in [7, 11) is 3.71. The van der Waals surface area contributed by atoms with Gasteiger partial charge in [-0.15, -0.1) is 0 Å². The number of hydrogen-bond acceptors (Lipinski definition) is 4. The van der Waals surface area contributed by atoms with E-state index in [4.69, 9.17) is 4.74 Å². The molecule has 1 N–H and O–H groups in total. The lowest BCUT2D eigenvalue weighted by molar-refractivity contribution is -0.151. The van der Waals surface area contributed by atoms with Crippen LogP contribution in [0.25, 0.3) is 0 Å². The number of hydrogen-bond donors (Lipinski definition) is 1. The van der Waals surface area contributed by atoms with Crippen molar-refractivity contribution in [3.63, 3.8) is 0 Å². The number of methoxy groups -OCH3 is 1. The molecule has 0 aromatic rings. The van der Waals surface area contributed by atoms with Gasteiger partial charge < -0.3 is 15.0 Å². The van der Waals surface area contributed by atoms with E-state index in [2.05, 4.69) is 24.2 Å². The number of ether oxygens (including phenoxy) is 1. The molecule has 0 heterocycles. The van der Waals surface area contributed by atoms with E-state index in [9.17, 15) is 4.79 Å². The Morgan fingerprint density at radius 1 is 1.39 bits per heavy atom. The van der Waals surface area contributed by atoms with Gasteiger partial charge in [0.25, 0.3) is 0 Å². The minimum atomic E-state index is -0.449. The van der Waals surface area contributed by atoms with Gasteiger partial charge in [-0.2, -0.15) is 0 Å². The molecule has 4 heteroatoms. The molecule has 0 saturated heterocycles. The van der Waals surface area contributed by atoms with Gasteiger partial charge in [-0.25, -0.2) is 0 Å². The largest absolute Gasteiger partial charge is 0.468 e. The smallest absolute Gasteiger partial charge is 0.326 e. The van der Waals surface area contributed by atoms with Crippen molar-refractivity contribution in [1.82, 2.24) is 10.2 Å². The van der Waals surface area contributed by atoms with Gasteiger partial charge in [-0.05, 0) is 52.1 Å². The fourth-order valence-corrected chi connectivity index (χ4v) is 3.33. The Labute approximate surface area is 110 Å². The van der Waals surface area contributed by atoms with E-state index in [1.54, 1.807) is 0 Å². The molecule has 18 heavy (non-hydrogen) atoms. The Hall–Kier alpha value is -0.610. The first kappa shape index (κ1) is 13.8. The molecule has 104 valence electrons. The van der Waals surface area contributed by atoms with Crippen LogP contribution in [0.1, 0.15) is 45.4 Å². The van der Waals surface area contributed by atoms with Crippen LogP contribution in [-0.4, -0.2) is 49.2 Å². The van der Waals surface area contributed by atoms with Crippen molar-refractivity contribution < 1.29 is 9.53 Å². The number of likely N-dealkylation sites (N-methyl/N-ethyl adjacent to an activating group) is 1. The third kappa shape index (κ3) is 2.69. The highest BCUT2D eigenvalue weighted by Crippen LogP contribution is 2.36. The molecule has 0 amide bonds. The van der Waals surface area contributed by atoms with E-state index in [1.807, 2.05) is 0 Å². The van der Waals surface area contributed by atoms with Gasteiger partial charge >= 0.3 is 5.97 Å². The van der Waals surface area contributed by atoms with Crippen LogP contribution in [0, 0.1) is 0 Å². The molecule has 4 nitrogen and oxygen atoms in total. The Balaban J connectivity index is 2.07. The van der Waals surface area contributed by atoms with Crippen molar-refractivity contribution >= 4 is 5.97 Å². The summed E-state index contributed by atoms with van der Waals surface area (Å²) >= 11 is 0. The molecule has 0 aromatic heterocycles. The first-order valence-corrected chi connectivity index (χ1v) is 7.18. The van der Waals surface area contributed by atoms with E-state index in [0.717, 1.165) is 31.8 Å². The van der Waals surface area contributed by atoms with Crippen molar-refractivity contribution in [2.75, 3.05) is 20.7 Å². The van der Waals surface area contributed by atoms with E-state index < -0.39 is 5.54 Å². The molecule has 0 spiro atoms. The molecule has 2 saturated carbocycles. The van der Waals surface area contributed by atoms with Crippen LogP contribution >= 0.6 is 0 Å². The van der Waals surface area contributed by atoms with Crippen molar-refractivity contribution in [1.29, 1.82) is 0 Å². The van der Waals surface area contributed by atoms with Crippen molar-refractivity contribution in [3.8, 4) is 0 Å².